The van der Waals surface area contributed by atoms with Crippen LogP contribution in [0.2, 0.25) is 0 Å². The molecule has 1 aromatic rings. The molecule has 1 fully saturated rings. The fourth-order valence-corrected chi connectivity index (χ4v) is 3.22. The molecule has 1 aliphatic carbocycles. The third kappa shape index (κ3) is 3.09. The van der Waals surface area contributed by atoms with Crippen molar-refractivity contribution in [2.24, 2.45) is 0 Å². The van der Waals surface area contributed by atoms with E-state index in [1.54, 1.807) is 0 Å². The van der Waals surface area contributed by atoms with Crippen LogP contribution in [0.15, 0.2) is 29.2 Å². The van der Waals surface area contributed by atoms with Crippen LogP contribution >= 0.6 is 0 Å². The molecule has 0 spiro atoms. The molecule has 0 atom stereocenters. The van der Waals surface area contributed by atoms with Gasteiger partial charge in [-0.3, -0.25) is 4.18 Å². The Kier molecular flexibility index (Phi) is 4.00. The van der Waals surface area contributed by atoms with Crippen molar-refractivity contribution in [2.75, 3.05) is 0 Å². The molecule has 0 N–H and O–H groups in total. The number of hydrogen-bond acceptors (Lipinski definition) is 4. The van der Waals surface area contributed by atoms with Crippen molar-refractivity contribution < 1.29 is 12.6 Å². The zero-order chi connectivity index (χ0) is 13.0. The lowest BCUT2D eigenvalue weighted by Crippen LogP contribution is -2.21. The fraction of sp³-hybridized carbons (Fsp3) is 0.462. The second kappa shape index (κ2) is 5.51. The van der Waals surface area contributed by atoms with Crippen molar-refractivity contribution in [2.45, 2.75) is 43.1 Å². The molecule has 0 bridgehead atoms. The summed E-state index contributed by atoms with van der Waals surface area (Å²) in [4.78, 5) is 0.118. The summed E-state index contributed by atoms with van der Waals surface area (Å²) < 4.78 is 29.2. The summed E-state index contributed by atoms with van der Waals surface area (Å²) in [5.41, 5.74) is 0.437. The molecule has 0 aliphatic heterocycles. The number of hydrogen-bond donors (Lipinski definition) is 0. The first-order valence-corrected chi connectivity index (χ1v) is 7.46. The highest BCUT2D eigenvalue weighted by Gasteiger charge is 2.23. The molecule has 1 saturated carbocycles. The zero-order valence-electron chi connectivity index (χ0n) is 10.0. The van der Waals surface area contributed by atoms with Gasteiger partial charge in [0.2, 0.25) is 0 Å². The van der Waals surface area contributed by atoms with Gasteiger partial charge in [-0.05, 0) is 37.1 Å². The number of rotatable bonds is 3. The van der Waals surface area contributed by atoms with Crippen LogP contribution in [0.3, 0.4) is 0 Å². The summed E-state index contributed by atoms with van der Waals surface area (Å²) in [7, 11) is -3.69. The van der Waals surface area contributed by atoms with Crippen molar-refractivity contribution >= 4 is 10.1 Å². The minimum Gasteiger partial charge on any atom is -0.263 e. The van der Waals surface area contributed by atoms with Crippen LogP contribution < -0.4 is 0 Å². The van der Waals surface area contributed by atoms with Crippen LogP contribution in [-0.4, -0.2) is 14.5 Å². The van der Waals surface area contributed by atoms with Crippen molar-refractivity contribution in [1.29, 1.82) is 5.26 Å². The van der Waals surface area contributed by atoms with Gasteiger partial charge < -0.3 is 0 Å². The molecular formula is C13H15NO3S. The molecule has 0 unspecified atom stereocenters. The maximum atomic E-state index is 12.0. The molecule has 0 amide bonds. The quantitative estimate of drug-likeness (QED) is 0.788. The van der Waals surface area contributed by atoms with Gasteiger partial charge in [0.1, 0.15) is 0 Å². The Labute approximate surface area is 107 Å². The Balaban J connectivity index is 2.12. The molecule has 2 rings (SSSR count). The van der Waals surface area contributed by atoms with Crippen LogP contribution in [-0.2, 0) is 14.3 Å². The second-order valence-electron chi connectivity index (χ2n) is 4.45. The van der Waals surface area contributed by atoms with Gasteiger partial charge in [-0.15, -0.1) is 0 Å². The highest BCUT2D eigenvalue weighted by Crippen LogP contribution is 2.24. The first kappa shape index (κ1) is 13.1. The van der Waals surface area contributed by atoms with E-state index in [1.165, 1.54) is 24.3 Å². The number of nitrogens with zero attached hydrogens (tertiary/aromatic N) is 1. The molecule has 1 aliphatic rings. The van der Waals surface area contributed by atoms with Crippen LogP contribution in [0.4, 0.5) is 0 Å². The van der Waals surface area contributed by atoms with Crippen LogP contribution in [0.25, 0.3) is 0 Å². The lowest BCUT2D eigenvalue weighted by molar-refractivity contribution is 0.162. The van der Waals surface area contributed by atoms with Gasteiger partial charge in [-0.1, -0.05) is 19.3 Å². The van der Waals surface area contributed by atoms with Crippen molar-refractivity contribution in [3.8, 4) is 6.07 Å². The topological polar surface area (TPSA) is 67.2 Å². The van der Waals surface area contributed by atoms with Crippen molar-refractivity contribution in [3.05, 3.63) is 29.8 Å². The maximum absolute atomic E-state index is 12.0. The van der Waals surface area contributed by atoms with E-state index in [0.29, 0.717) is 5.56 Å². The lowest BCUT2D eigenvalue weighted by atomic mass is 9.98. The fourth-order valence-electron chi connectivity index (χ4n) is 2.09. The van der Waals surface area contributed by atoms with E-state index < -0.39 is 10.1 Å². The smallest absolute Gasteiger partial charge is 0.263 e. The second-order valence-corrected chi connectivity index (χ2v) is 6.02. The van der Waals surface area contributed by atoms with Crippen molar-refractivity contribution in [3.63, 3.8) is 0 Å². The van der Waals surface area contributed by atoms with E-state index in [9.17, 15) is 8.42 Å². The van der Waals surface area contributed by atoms with Gasteiger partial charge in [0, 0.05) is 0 Å². The van der Waals surface area contributed by atoms with E-state index in [2.05, 4.69) is 0 Å². The predicted octanol–water partition coefficient (Wildman–Crippen LogP) is 2.60. The van der Waals surface area contributed by atoms with Gasteiger partial charge in [0.15, 0.2) is 0 Å². The Morgan fingerprint density at radius 3 is 2.28 bits per heavy atom. The van der Waals surface area contributed by atoms with Gasteiger partial charge in [0.25, 0.3) is 10.1 Å². The number of nitriles is 1. The molecule has 0 radical (unpaired) electrons. The van der Waals surface area contributed by atoms with E-state index in [4.69, 9.17) is 9.44 Å². The first-order valence-electron chi connectivity index (χ1n) is 6.05. The van der Waals surface area contributed by atoms with Crippen molar-refractivity contribution in [1.82, 2.24) is 0 Å². The van der Waals surface area contributed by atoms with E-state index in [0.717, 1.165) is 32.1 Å². The summed E-state index contributed by atoms with van der Waals surface area (Å²) in [5.74, 6) is 0. The zero-order valence-corrected chi connectivity index (χ0v) is 10.8. The van der Waals surface area contributed by atoms with Gasteiger partial charge in [-0.25, -0.2) is 0 Å². The summed E-state index contributed by atoms with van der Waals surface area (Å²) in [6.07, 6.45) is 4.60. The molecule has 0 heterocycles. The average Bonchev–Trinajstić information content (AvgIpc) is 2.39. The Morgan fingerprint density at radius 2 is 1.72 bits per heavy atom. The molecule has 1 aromatic carbocycles. The monoisotopic (exact) mass is 265 g/mol. The van der Waals surface area contributed by atoms with Gasteiger partial charge in [0.05, 0.1) is 22.6 Å². The summed E-state index contributed by atoms with van der Waals surface area (Å²) in [5, 5.41) is 8.66. The number of benzene rings is 1. The van der Waals surface area contributed by atoms with Gasteiger partial charge in [-0.2, -0.15) is 13.7 Å². The maximum Gasteiger partial charge on any atom is 0.297 e. The standard InChI is InChI=1S/C13H15NO3S/c14-10-11-6-8-13(9-7-11)18(15,16)17-12-4-2-1-3-5-12/h6-9,12H,1-5H2. The minimum absolute atomic E-state index is 0.118. The summed E-state index contributed by atoms with van der Waals surface area (Å²) >= 11 is 0. The lowest BCUT2D eigenvalue weighted by Gasteiger charge is -2.21. The Hall–Kier alpha value is -1.38. The van der Waals surface area contributed by atoms with E-state index in [-0.39, 0.29) is 11.0 Å². The molecule has 0 aromatic heterocycles. The minimum atomic E-state index is -3.69. The largest absolute Gasteiger partial charge is 0.297 e. The Morgan fingerprint density at radius 1 is 1.11 bits per heavy atom. The molecule has 96 valence electrons. The molecule has 0 saturated heterocycles. The predicted molar refractivity (Wildman–Crippen MR) is 66.3 cm³/mol. The SMILES string of the molecule is N#Cc1ccc(S(=O)(=O)OC2CCCCC2)cc1. The first-order chi connectivity index (χ1) is 8.62. The molecular weight excluding hydrogens is 250 g/mol. The van der Waals surface area contributed by atoms with E-state index >= 15 is 0 Å². The van der Waals surface area contributed by atoms with Crippen LogP contribution in [0.1, 0.15) is 37.7 Å². The highest BCUT2D eigenvalue weighted by molar-refractivity contribution is 7.86. The van der Waals surface area contributed by atoms with Crippen LogP contribution in [0.5, 0.6) is 0 Å². The summed E-state index contributed by atoms with van der Waals surface area (Å²) in [6, 6.07) is 7.74. The summed E-state index contributed by atoms with van der Waals surface area (Å²) in [6.45, 7) is 0. The molecule has 4 nitrogen and oxygen atoms in total. The Bertz CT molecular complexity index is 537. The third-order valence-electron chi connectivity index (χ3n) is 3.09. The average molecular weight is 265 g/mol. The highest BCUT2D eigenvalue weighted by atomic mass is 32.2. The third-order valence-corrected chi connectivity index (χ3v) is 4.46. The molecule has 18 heavy (non-hydrogen) atoms. The van der Waals surface area contributed by atoms with Gasteiger partial charge >= 0.3 is 0 Å². The normalized spacial score (nSPS) is 17.3. The van der Waals surface area contributed by atoms with E-state index in [1.807, 2.05) is 6.07 Å². The van der Waals surface area contributed by atoms with Crippen LogP contribution in [0, 0.1) is 11.3 Å². The molecule has 5 heteroatoms.